The molecule has 0 aliphatic rings. The van der Waals surface area contributed by atoms with Gasteiger partial charge in [-0.15, -0.1) is 0 Å². The van der Waals surface area contributed by atoms with Gasteiger partial charge >= 0.3 is 0 Å². The summed E-state index contributed by atoms with van der Waals surface area (Å²) in [5, 5.41) is 3.25. The Hall–Kier alpha value is -1.46. The Morgan fingerprint density at radius 1 is 1.40 bits per heavy atom. The second-order valence-corrected chi connectivity index (χ2v) is 5.25. The Kier molecular flexibility index (Phi) is 5.09. The Morgan fingerprint density at radius 3 is 2.85 bits per heavy atom. The quantitative estimate of drug-likeness (QED) is 0.905. The first-order chi connectivity index (χ1) is 9.65. The summed E-state index contributed by atoms with van der Waals surface area (Å²) in [6.07, 6.45) is 2.42. The van der Waals surface area contributed by atoms with Crippen LogP contribution >= 0.6 is 15.9 Å². The van der Waals surface area contributed by atoms with Crippen molar-refractivity contribution < 1.29 is 9.13 Å². The van der Waals surface area contributed by atoms with Crippen molar-refractivity contribution in [3.8, 4) is 5.88 Å². The second-order valence-electron chi connectivity index (χ2n) is 4.40. The number of halogens is 2. The number of rotatable bonds is 5. The molecule has 0 fully saturated rings. The van der Waals surface area contributed by atoms with E-state index in [4.69, 9.17) is 4.74 Å². The van der Waals surface area contributed by atoms with Gasteiger partial charge in [-0.1, -0.05) is 12.1 Å². The van der Waals surface area contributed by atoms with Gasteiger partial charge in [-0.25, -0.2) is 9.37 Å². The number of ether oxygens (including phenoxy) is 1. The van der Waals surface area contributed by atoms with Crippen molar-refractivity contribution in [1.82, 2.24) is 10.3 Å². The summed E-state index contributed by atoms with van der Waals surface area (Å²) in [5.41, 5.74) is 2.02. The lowest BCUT2D eigenvalue weighted by Crippen LogP contribution is -2.20. The van der Waals surface area contributed by atoms with Crippen molar-refractivity contribution in [2.24, 2.45) is 0 Å². The van der Waals surface area contributed by atoms with Gasteiger partial charge in [0.05, 0.1) is 11.6 Å². The molecule has 106 valence electrons. The molecule has 1 aromatic carbocycles. The zero-order chi connectivity index (χ0) is 14.5. The molecule has 0 aliphatic carbocycles. The molecule has 0 spiro atoms. The fourth-order valence-electron chi connectivity index (χ4n) is 2.11. The zero-order valence-electron chi connectivity index (χ0n) is 11.4. The van der Waals surface area contributed by atoms with Crippen LogP contribution in [0.25, 0.3) is 0 Å². The molecule has 0 radical (unpaired) electrons. The lowest BCUT2D eigenvalue weighted by molar-refractivity contribution is 0.384. The van der Waals surface area contributed by atoms with Gasteiger partial charge in [-0.2, -0.15) is 0 Å². The van der Waals surface area contributed by atoms with Crippen LogP contribution < -0.4 is 10.1 Å². The number of hydrogen-bond acceptors (Lipinski definition) is 3. The maximum atomic E-state index is 13.3. The van der Waals surface area contributed by atoms with Gasteiger partial charge in [0.25, 0.3) is 0 Å². The number of likely N-dealkylation sites (N-methyl/N-ethyl adjacent to an activating group) is 1. The largest absolute Gasteiger partial charge is 0.481 e. The van der Waals surface area contributed by atoms with Gasteiger partial charge in [0.2, 0.25) is 5.88 Å². The van der Waals surface area contributed by atoms with Crippen molar-refractivity contribution in [1.29, 1.82) is 0 Å². The predicted molar refractivity (Wildman–Crippen MR) is 80.4 cm³/mol. The van der Waals surface area contributed by atoms with Gasteiger partial charge in [-0.05, 0) is 53.2 Å². The number of hydrogen-bond donors (Lipinski definition) is 1. The minimum atomic E-state index is -0.256. The van der Waals surface area contributed by atoms with Crippen LogP contribution in [-0.4, -0.2) is 19.1 Å². The fraction of sp³-hybridized carbons (Fsp3) is 0.267. The van der Waals surface area contributed by atoms with E-state index in [1.54, 1.807) is 25.4 Å². The molecule has 1 heterocycles. The third-order valence-electron chi connectivity index (χ3n) is 3.14. The van der Waals surface area contributed by atoms with Crippen LogP contribution in [0.2, 0.25) is 0 Å². The number of nitrogens with zero attached hydrogens (tertiary/aromatic N) is 1. The SMILES string of the molecule is CNC(Cc1ccc(F)c(Br)c1)c1cccnc1OC. The topological polar surface area (TPSA) is 34.2 Å². The molecule has 2 rings (SSSR count). The number of nitrogens with one attached hydrogen (secondary N) is 1. The van der Waals surface area contributed by atoms with E-state index in [0.717, 1.165) is 17.5 Å². The smallest absolute Gasteiger partial charge is 0.217 e. The summed E-state index contributed by atoms with van der Waals surface area (Å²) in [6.45, 7) is 0. The van der Waals surface area contributed by atoms with E-state index in [-0.39, 0.29) is 11.9 Å². The highest BCUT2D eigenvalue weighted by Crippen LogP contribution is 2.26. The number of benzene rings is 1. The summed E-state index contributed by atoms with van der Waals surface area (Å²) in [5.74, 6) is 0.349. The number of aromatic nitrogens is 1. The standard InChI is InChI=1S/C15H16BrFN2O/c1-18-14(11-4-3-7-19-15(11)20-2)9-10-5-6-13(17)12(16)8-10/h3-8,14,18H,9H2,1-2H3. The third-order valence-corrected chi connectivity index (χ3v) is 3.75. The Balaban J connectivity index is 2.26. The Labute approximate surface area is 126 Å². The highest BCUT2D eigenvalue weighted by molar-refractivity contribution is 9.10. The van der Waals surface area contributed by atoms with Gasteiger partial charge in [0.1, 0.15) is 5.82 Å². The molecule has 0 saturated carbocycles. The summed E-state index contributed by atoms with van der Waals surface area (Å²) in [6, 6.07) is 8.95. The summed E-state index contributed by atoms with van der Waals surface area (Å²) < 4.78 is 19.0. The minimum Gasteiger partial charge on any atom is -0.481 e. The molecule has 0 aliphatic heterocycles. The van der Waals surface area contributed by atoms with Crippen molar-refractivity contribution in [2.45, 2.75) is 12.5 Å². The molecule has 0 amide bonds. The van der Waals surface area contributed by atoms with Crippen LogP contribution in [-0.2, 0) is 6.42 Å². The van der Waals surface area contributed by atoms with E-state index in [1.807, 2.05) is 19.2 Å². The average molecular weight is 339 g/mol. The van der Waals surface area contributed by atoms with Crippen LogP contribution in [0.5, 0.6) is 5.88 Å². The maximum Gasteiger partial charge on any atom is 0.217 e. The lowest BCUT2D eigenvalue weighted by atomic mass is 10.00. The second kappa shape index (κ2) is 6.81. The Morgan fingerprint density at radius 2 is 2.20 bits per heavy atom. The van der Waals surface area contributed by atoms with Crippen LogP contribution in [0.4, 0.5) is 4.39 Å². The van der Waals surface area contributed by atoms with Crippen molar-refractivity contribution in [2.75, 3.05) is 14.2 Å². The van der Waals surface area contributed by atoms with Crippen molar-refractivity contribution in [3.05, 3.63) is 57.9 Å². The molecule has 1 aromatic heterocycles. The van der Waals surface area contributed by atoms with E-state index in [1.165, 1.54) is 6.07 Å². The number of methoxy groups -OCH3 is 1. The molecule has 5 heteroatoms. The van der Waals surface area contributed by atoms with E-state index in [9.17, 15) is 4.39 Å². The Bertz CT molecular complexity index is 592. The van der Waals surface area contributed by atoms with E-state index in [0.29, 0.717) is 10.4 Å². The van der Waals surface area contributed by atoms with Crippen LogP contribution in [0.3, 0.4) is 0 Å². The first-order valence-corrected chi connectivity index (χ1v) is 7.05. The number of pyridine rings is 1. The molecule has 1 atom stereocenters. The van der Waals surface area contributed by atoms with E-state index < -0.39 is 0 Å². The van der Waals surface area contributed by atoms with Gasteiger partial charge < -0.3 is 10.1 Å². The first kappa shape index (κ1) is 14.9. The van der Waals surface area contributed by atoms with E-state index in [2.05, 4.69) is 26.2 Å². The highest BCUT2D eigenvalue weighted by Gasteiger charge is 2.16. The van der Waals surface area contributed by atoms with Crippen molar-refractivity contribution >= 4 is 15.9 Å². The highest BCUT2D eigenvalue weighted by atomic mass is 79.9. The molecular weight excluding hydrogens is 323 g/mol. The minimum absolute atomic E-state index is 0.0519. The summed E-state index contributed by atoms with van der Waals surface area (Å²) in [4.78, 5) is 4.21. The van der Waals surface area contributed by atoms with Gasteiger partial charge in [0.15, 0.2) is 0 Å². The molecule has 0 saturated heterocycles. The van der Waals surface area contributed by atoms with Crippen LogP contribution in [0, 0.1) is 5.82 Å². The van der Waals surface area contributed by atoms with Crippen LogP contribution in [0.15, 0.2) is 41.0 Å². The maximum absolute atomic E-state index is 13.3. The molecule has 1 N–H and O–H groups in total. The zero-order valence-corrected chi connectivity index (χ0v) is 12.9. The average Bonchev–Trinajstić information content (AvgIpc) is 2.48. The predicted octanol–water partition coefficient (Wildman–Crippen LogP) is 3.50. The normalized spacial score (nSPS) is 12.2. The van der Waals surface area contributed by atoms with Crippen molar-refractivity contribution in [3.63, 3.8) is 0 Å². The monoisotopic (exact) mass is 338 g/mol. The molecular formula is C15H16BrFN2O. The third kappa shape index (κ3) is 3.35. The fourth-order valence-corrected chi connectivity index (χ4v) is 2.54. The molecule has 3 nitrogen and oxygen atoms in total. The molecule has 0 bridgehead atoms. The molecule has 20 heavy (non-hydrogen) atoms. The van der Waals surface area contributed by atoms with Gasteiger partial charge in [0, 0.05) is 17.8 Å². The molecule has 1 unspecified atom stereocenters. The van der Waals surface area contributed by atoms with Gasteiger partial charge in [-0.3, -0.25) is 0 Å². The summed E-state index contributed by atoms with van der Waals surface area (Å²) >= 11 is 3.21. The first-order valence-electron chi connectivity index (χ1n) is 6.25. The molecule has 2 aromatic rings. The van der Waals surface area contributed by atoms with Crippen LogP contribution in [0.1, 0.15) is 17.2 Å². The lowest BCUT2D eigenvalue weighted by Gasteiger charge is -2.18. The summed E-state index contributed by atoms with van der Waals surface area (Å²) in [7, 11) is 3.49. The van der Waals surface area contributed by atoms with E-state index >= 15 is 0 Å².